The van der Waals surface area contributed by atoms with E-state index >= 15 is 4.39 Å². The number of imidazole rings is 1. The maximum absolute atomic E-state index is 16.6. The van der Waals surface area contributed by atoms with Crippen molar-refractivity contribution in [3.8, 4) is 17.6 Å². The molecule has 2 aliphatic heterocycles. The number of carbonyl (C=O) groups excluding carboxylic acids is 1. The molecule has 2 aliphatic rings. The van der Waals surface area contributed by atoms with E-state index < -0.39 is 11.6 Å². The van der Waals surface area contributed by atoms with E-state index in [2.05, 4.69) is 9.88 Å². The molecule has 218 valence electrons. The predicted octanol–water partition coefficient (Wildman–Crippen LogP) is 2.09. The van der Waals surface area contributed by atoms with Crippen molar-refractivity contribution < 1.29 is 13.6 Å². The lowest BCUT2D eigenvalue weighted by molar-refractivity contribution is -0.131. The third kappa shape index (κ3) is 6.23. The number of fused-ring (bicyclic) bond motifs is 1. The number of nitrogens with zero attached hydrogens (tertiary/aromatic N) is 10. The van der Waals surface area contributed by atoms with Crippen LogP contribution in [0, 0.1) is 23.0 Å². The first-order valence-corrected chi connectivity index (χ1v) is 13.9. The van der Waals surface area contributed by atoms with Crippen LogP contribution in [0.3, 0.4) is 0 Å². The van der Waals surface area contributed by atoms with E-state index in [9.17, 15) is 9.18 Å². The molecular weight excluding hydrogens is 530 g/mol. The van der Waals surface area contributed by atoms with E-state index in [1.807, 2.05) is 41.9 Å². The Labute approximate surface area is 238 Å². The standard InChI is InChI=1S/C28H36F2N10O/c1-35(2)11-16-39(21-5-4-10-38(19-21)24(41)8-9-31)28-25(30)27(37-14-12-36(3)13-15-37)33-26(34-28)22-17-32-23-7-6-20(29)18-40(22)23/h6-7,17-18,21H,4-5,8,10-16,19H2,1-3H3. The normalized spacial score (nSPS) is 18.2. The maximum atomic E-state index is 16.6. The molecule has 1 atom stereocenters. The number of likely N-dealkylation sites (N-methyl/N-ethyl adjacent to an activating group) is 2. The van der Waals surface area contributed by atoms with Gasteiger partial charge >= 0.3 is 0 Å². The minimum atomic E-state index is -0.516. The number of aromatic nitrogens is 4. The Hall–Kier alpha value is -3.89. The predicted molar refractivity (Wildman–Crippen MR) is 152 cm³/mol. The summed E-state index contributed by atoms with van der Waals surface area (Å²) in [6.45, 7) is 4.76. The number of pyridine rings is 1. The zero-order chi connectivity index (χ0) is 29.1. The molecule has 0 aliphatic carbocycles. The number of likely N-dealkylation sites (tertiary alicyclic amines) is 1. The fraction of sp³-hybridized carbons (Fsp3) is 0.536. The van der Waals surface area contributed by atoms with Crippen LogP contribution in [0.1, 0.15) is 19.3 Å². The summed E-state index contributed by atoms with van der Waals surface area (Å²) in [6, 6.07) is 4.65. The molecule has 0 radical (unpaired) electrons. The molecule has 2 fully saturated rings. The van der Waals surface area contributed by atoms with Crippen molar-refractivity contribution in [3.63, 3.8) is 0 Å². The molecule has 0 saturated carbocycles. The number of halogens is 2. The molecule has 13 heteroatoms. The molecule has 3 aromatic heterocycles. The van der Waals surface area contributed by atoms with E-state index in [-0.39, 0.29) is 35.8 Å². The van der Waals surface area contributed by atoms with Gasteiger partial charge < -0.3 is 24.5 Å². The third-order valence-corrected chi connectivity index (χ3v) is 7.80. The molecule has 1 unspecified atom stereocenters. The van der Waals surface area contributed by atoms with E-state index in [0.29, 0.717) is 50.6 Å². The summed E-state index contributed by atoms with van der Waals surface area (Å²) in [5.74, 6) is -0.576. The molecule has 0 bridgehead atoms. The average Bonchev–Trinajstić information content (AvgIpc) is 3.37. The molecule has 5 rings (SSSR count). The second-order valence-corrected chi connectivity index (χ2v) is 11.0. The van der Waals surface area contributed by atoms with Crippen molar-refractivity contribution in [1.29, 1.82) is 5.26 Å². The number of hydrogen-bond acceptors (Lipinski definition) is 9. The van der Waals surface area contributed by atoms with Gasteiger partial charge in [-0.25, -0.2) is 19.3 Å². The Morgan fingerprint density at radius 1 is 1.12 bits per heavy atom. The van der Waals surface area contributed by atoms with Crippen LogP contribution >= 0.6 is 0 Å². The summed E-state index contributed by atoms with van der Waals surface area (Å²) in [5.41, 5.74) is 0.985. The van der Waals surface area contributed by atoms with Crippen LogP contribution in [0.4, 0.5) is 20.4 Å². The SMILES string of the molecule is CN(C)CCN(c1nc(-c2cnc3ccc(F)cn23)nc(N2CCN(C)CC2)c1F)C1CCCN(C(=O)CC#N)C1. The molecule has 0 spiro atoms. The van der Waals surface area contributed by atoms with Gasteiger partial charge in [0, 0.05) is 64.6 Å². The van der Waals surface area contributed by atoms with Crippen molar-refractivity contribution >= 4 is 23.2 Å². The molecule has 41 heavy (non-hydrogen) atoms. The van der Waals surface area contributed by atoms with Crippen molar-refractivity contribution in [2.45, 2.75) is 25.3 Å². The van der Waals surface area contributed by atoms with Gasteiger partial charge in [-0.15, -0.1) is 0 Å². The van der Waals surface area contributed by atoms with Gasteiger partial charge in [-0.05, 0) is 46.1 Å². The van der Waals surface area contributed by atoms with Crippen LogP contribution < -0.4 is 9.80 Å². The summed E-state index contributed by atoms with van der Waals surface area (Å²) in [5, 5.41) is 9.07. The van der Waals surface area contributed by atoms with Crippen molar-refractivity contribution in [2.75, 3.05) is 83.3 Å². The number of piperidine rings is 1. The zero-order valence-electron chi connectivity index (χ0n) is 23.8. The summed E-state index contributed by atoms with van der Waals surface area (Å²) >= 11 is 0. The lowest BCUT2D eigenvalue weighted by atomic mass is 10.0. The highest BCUT2D eigenvalue weighted by Gasteiger charge is 2.33. The Morgan fingerprint density at radius 3 is 2.63 bits per heavy atom. The Bertz CT molecular complexity index is 1430. The topological polar surface area (TPSA) is 100 Å². The van der Waals surface area contributed by atoms with E-state index in [1.165, 1.54) is 12.3 Å². The van der Waals surface area contributed by atoms with Crippen LogP contribution in [0.25, 0.3) is 17.2 Å². The Morgan fingerprint density at radius 2 is 1.90 bits per heavy atom. The summed E-state index contributed by atoms with van der Waals surface area (Å²) < 4.78 is 32.4. The monoisotopic (exact) mass is 566 g/mol. The lowest BCUT2D eigenvalue weighted by Crippen LogP contribution is -2.52. The number of carbonyl (C=O) groups is 1. The fourth-order valence-electron chi connectivity index (χ4n) is 5.46. The Balaban J connectivity index is 1.62. The van der Waals surface area contributed by atoms with Crippen LogP contribution in [0.15, 0.2) is 24.5 Å². The molecule has 0 aromatic carbocycles. The van der Waals surface area contributed by atoms with Crippen LogP contribution in [0.5, 0.6) is 0 Å². The van der Waals surface area contributed by atoms with E-state index in [1.54, 1.807) is 21.6 Å². The average molecular weight is 567 g/mol. The first-order chi connectivity index (χ1) is 19.7. The molecule has 5 heterocycles. The minimum Gasteiger partial charge on any atom is -0.351 e. The van der Waals surface area contributed by atoms with Crippen molar-refractivity contribution in [2.24, 2.45) is 0 Å². The van der Waals surface area contributed by atoms with Gasteiger partial charge in [0.15, 0.2) is 17.5 Å². The van der Waals surface area contributed by atoms with Crippen molar-refractivity contribution in [3.05, 3.63) is 36.2 Å². The van der Waals surface area contributed by atoms with Gasteiger partial charge in [0.1, 0.15) is 23.6 Å². The first kappa shape index (κ1) is 28.6. The number of rotatable bonds is 8. The summed E-state index contributed by atoms with van der Waals surface area (Å²) in [6.07, 6.45) is 4.19. The van der Waals surface area contributed by atoms with Gasteiger partial charge in [0.2, 0.25) is 11.7 Å². The highest BCUT2D eigenvalue weighted by atomic mass is 19.1. The highest BCUT2D eigenvalue weighted by Crippen LogP contribution is 2.32. The maximum Gasteiger partial charge on any atom is 0.236 e. The quantitative estimate of drug-likeness (QED) is 0.406. The highest BCUT2D eigenvalue weighted by molar-refractivity contribution is 5.78. The molecular formula is C28H36F2N10O. The Kier molecular flexibility index (Phi) is 8.60. The molecule has 2 saturated heterocycles. The first-order valence-electron chi connectivity index (χ1n) is 13.9. The summed E-state index contributed by atoms with van der Waals surface area (Å²) in [7, 11) is 5.93. The second-order valence-electron chi connectivity index (χ2n) is 11.0. The number of amides is 1. The number of hydrogen-bond donors (Lipinski definition) is 0. The summed E-state index contributed by atoms with van der Waals surface area (Å²) in [4.78, 5) is 36.2. The molecule has 0 N–H and O–H groups in total. The third-order valence-electron chi connectivity index (χ3n) is 7.80. The second kappa shape index (κ2) is 12.3. The zero-order valence-corrected chi connectivity index (χ0v) is 23.8. The van der Waals surface area contributed by atoms with Gasteiger partial charge in [-0.3, -0.25) is 9.20 Å². The minimum absolute atomic E-state index is 0.150. The number of nitriles is 1. The van der Waals surface area contributed by atoms with Gasteiger partial charge in [0.25, 0.3) is 0 Å². The molecule has 11 nitrogen and oxygen atoms in total. The van der Waals surface area contributed by atoms with Gasteiger partial charge in [0.05, 0.1) is 12.3 Å². The van der Waals surface area contributed by atoms with Crippen molar-refractivity contribution in [1.82, 2.24) is 34.1 Å². The fourth-order valence-corrected chi connectivity index (χ4v) is 5.46. The van der Waals surface area contributed by atoms with E-state index in [4.69, 9.17) is 15.2 Å². The van der Waals surface area contributed by atoms with E-state index in [0.717, 1.165) is 25.9 Å². The lowest BCUT2D eigenvalue weighted by Gasteiger charge is -2.41. The molecule has 1 amide bonds. The number of anilines is 2. The van der Waals surface area contributed by atoms with Gasteiger partial charge in [-0.1, -0.05) is 0 Å². The largest absolute Gasteiger partial charge is 0.351 e. The molecule has 3 aromatic rings. The van der Waals surface area contributed by atoms with Crippen LogP contribution in [-0.2, 0) is 4.79 Å². The number of piperazine rings is 1. The smallest absolute Gasteiger partial charge is 0.236 e. The van der Waals surface area contributed by atoms with Crippen LogP contribution in [-0.4, -0.2) is 120 Å². The van der Waals surface area contributed by atoms with Crippen LogP contribution in [0.2, 0.25) is 0 Å². The van der Waals surface area contributed by atoms with Gasteiger partial charge in [-0.2, -0.15) is 9.65 Å².